The molecule has 3 rings (SSSR count). The topological polar surface area (TPSA) is 63.2 Å². The predicted octanol–water partition coefficient (Wildman–Crippen LogP) is 5.05. The van der Waals surface area contributed by atoms with Crippen molar-refractivity contribution in [3.05, 3.63) is 77.1 Å². The summed E-state index contributed by atoms with van der Waals surface area (Å²) in [4.78, 5) is 16.7. The van der Waals surface area contributed by atoms with Gasteiger partial charge < -0.3 is 15.4 Å². The molecule has 0 fully saturated rings. The van der Waals surface area contributed by atoms with Crippen molar-refractivity contribution in [2.24, 2.45) is 0 Å². The second-order valence-electron chi connectivity index (χ2n) is 5.70. The van der Waals surface area contributed by atoms with Crippen LogP contribution in [0.15, 0.2) is 60.8 Å². The van der Waals surface area contributed by atoms with Crippen LogP contribution in [-0.2, 0) is 0 Å². The Morgan fingerprint density at radius 3 is 2.69 bits per heavy atom. The third kappa shape index (κ3) is 4.32. The average Bonchev–Trinajstić information content (AvgIpc) is 2.65. The minimum Gasteiger partial charge on any atom is -0.497 e. The van der Waals surface area contributed by atoms with E-state index in [4.69, 9.17) is 16.3 Å². The molecule has 0 radical (unpaired) electrons. The zero-order valence-corrected chi connectivity index (χ0v) is 15.2. The number of methoxy groups -OCH3 is 1. The average molecular weight is 368 g/mol. The number of hydrogen-bond donors (Lipinski definition) is 2. The van der Waals surface area contributed by atoms with Crippen LogP contribution in [0.3, 0.4) is 0 Å². The SMILES string of the molecule is COc1cccc(Nc2ccnc(C(=O)Nc3cc(Cl)ccc3C)c2)c1. The number of aromatic nitrogens is 1. The standard InChI is InChI=1S/C20H18ClN3O2/c1-13-6-7-14(21)10-18(13)24-20(25)19-12-16(8-9-22-19)23-15-4-3-5-17(11-15)26-2/h3-12H,1-2H3,(H,22,23)(H,24,25). The fourth-order valence-corrected chi connectivity index (χ4v) is 2.59. The number of benzene rings is 2. The number of aryl methyl sites for hydroxylation is 1. The first-order valence-corrected chi connectivity index (χ1v) is 8.37. The Balaban J connectivity index is 1.77. The number of nitrogens with one attached hydrogen (secondary N) is 2. The first-order valence-electron chi connectivity index (χ1n) is 8.00. The van der Waals surface area contributed by atoms with Crippen molar-refractivity contribution >= 4 is 34.6 Å². The third-order valence-corrected chi connectivity index (χ3v) is 4.03. The van der Waals surface area contributed by atoms with Gasteiger partial charge in [-0.3, -0.25) is 9.78 Å². The smallest absolute Gasteiger partial charge is 0.274 e. The van der Waals surface area contributed by atoms with Gasteiger partial charge in [0.1, 0.15) is 11.4 Å². The van der Waals surface area contributed by atoms with Crippen LogP contribution in [0.25, 0.3) is 0 Å². The summed E-state index contributed by atoms with van der Waals surface area (Å²) in [6.45, 7) is 1.90. The Hall–Kier alpha value is -3.05. The highest BCUT2D eigenvalue weighted by molar-refractivity contribution is 6.31. The van der Waals surface area contributed by atoms with Gasteiger partial charge in [0.05, 0.1) is 7.11 Å². The number of hydrogen-bond acceptors (Lipinski definition) is 4. The van der Waals surface area contributed by atoms with Gasteiger partial charge >= 0.3 is 0 Å². The molecule has 0 atom stereocenters. The molecule has 0 saturated heterocycles. The second-order valence-corrected chi connectivity index (χ2v) is 6.14. The number of carbonyl (C=O) groups is 1. The number of carbonyl (C=O) groups excluding carboxylic acids is 1. The van der Waals surface area contributed by atoms with Crippen molar-refractivity contribution in [3.8, 4) is 5.75 Å². The number of nitrogens with zero attached hydrogens (tertiary/aromatic N) is 1. The van der Waals surface area contributed by atoms with Gasteiger partial charge in [-0.05, 0) is 48.9 Å². The van der Waals surface area contributed by atoms with Gasteiger partial charge in [-0.2, -0.15) is 0 Å². The maximum atomic E-state index is 12.5. The Labute approximate surface area is 157 Å². The van der Waals surface area contributed by atoms with Crippen molar-refractivity contribution in [2.75, 3.05) is 17.7 Å². The van der Waals surface area contributed by atoms with E-state index in [0.29, 0.717) is 16.4 Å². The van der Waals surface area contributed by atoms with Gasteiger partial charge in [-0.1, -0.05) is 23.7 Å². The van der Waals surface area contributed by atoms with E-state index < -0.39 is 0 Å². The summed E-state index contributed by atoms with van der Waals surface area (Å²) in [6.07, 6.45) is 1.59. The monoisotopic (exact) mass is 367 g/mol. The van der Waals surface area contributed by atoms with Crippen molar-refractivity contribution in [2.45, 2.75) is 6.92 Å². The lowest BCUT2D eigenvalue weighted by Gasteiger charge is -2.11. The summed E-state index contributed by atoms with van der Waals surface area (Å²) >= 11 is 6.00. The highest BCUT2D eigenvalue weighted by atomic mass is 35.5. The number of amides is 1. The maximum Gasteiger partial charge on any atom is 0.274 e. The normalized spacial score (nSPS) is 10.3. The van der Waals surface area contributed by atoms with E-state index in [0.717, 1.165) is 22.7 Å². The molecule has 0 aliphatic rings. The van der Waals surface area contributed by atoms with E-state index in [9.17, 15) is 4.79 Å². The maximum absolute atomic E-state index is 12.5. The largest absolute Gasteiger partial charge is 0.497 e. The van der Waals surface area contributed by atoms with Gasteiger partial charge in [0.15, 0.2) is 0 Å². The van der Waals surface area contributed by atoms with Crippen LogP contribution in [0.1, 0.15) is 16.1 Å². The molecule has 3 aromatic rings. The molecule has 132 valence electrons. The number of rotatable bonds is 5. The molecular formula is C20H18ClN3O2. The molecule has 2 aromatic carbocycles. The van der Waals surface area contributed by atoms with Crippen LogP contribution < -0.4 is 15.4 Å². The van der Waals surface area contributed by atoms with Gasteiger partial charge in [-0.25, -0.2) is 0 Å². The van der Waals surface area contributed by atoms with Crippen LogP contribution in [0.2, 0.25) is 5.02 Å². The molecule has 0 saturated carbocycles. The molecule has 0 unspecified atom stereocenters. The van der Waals surface area contributed by atoms with Crippen molar-refractivity contribution in [1.29, 1.82) is 0 Å². The molecule has 2 N–H and O–H groups in total. The first-order chi connectivity index (χ1) is 12.5. The summed E-state index contributed by atoms with van der Waals surface area (Å²) in [6, 6.07) is 16.4. The van der Waals surface area contributed by atoms with Gasteiger partial charge in [-0.15, -0.1) is 0 Å². The van der Waals surface area contributed by atoms with Crippen molar-refractivity contribution < 1.29 is 9.53 Å². The third-order valence-electron chi connectivity index (χ3n) is 3.80. The molecule has 0 aliphatic heterocycles. The number of anilines is 3. The van der Waals surface area contributed by atoms with Crippen LogP contribution >= 0.6 is 11.6 Å². The zero-order chi connectivity index (χ0) is 18.5. The van der Waals surface area contributed by atoms with Crippen molar-refractivity contribution in [1.82, 2.24) is 4.98 Å². The molecule has 1 aromatic heterocycles. The summed E-state index contributed by atoms with van der Waals surface area (Å²) in [5, 5.41) is 6.64. The summed E-state index contributed by atoms with van der Waals surface area (Å²) in [5.74, 6) is 0.447. The number of halogens is 1. The molecule has 26 heavy (non-hydrogen) atoms. The molecule has 1 amide bonds. The minimum atomic E-state index is -0.301. The van der Waals surface area contributed by atoms with E-state index in [1.807, 2.05) is 37.3 Å². The van der Waals surface area contributed by atoms with E-state index in [1.54, 1.807) is 37.6 Å². The number of pyridine rings is 1. The molecule has 0 bridgehead atoms. The predicted molar refractivity (Wildman–Crippen MR) is 105 cm³/mol. The second kappa shape index (κ2) is 7.89. The molecule has 0 spiro atoms. The highest BCUT2D eigenvalue weighted by Crippen LogP contribution is 2.23. The lowest BCUT2D eigenvalue weighted by atomic mass is 10.2. The molecule has 1 heterocycles. The van der Waals surface area contributed by atoms with Gasteiger partial charge in [0.25, 0.3) is 5.91 Å². The summed E-state index contributed by atoms with van der Waals surface area (Å²) in [5.41, 5.74) is 3.50. The zero-order valence-electron chi connectivity index (χ0n) is 14.4. The van der Waals surface area contributed by atoms with E-state index in [2.05, 4.69) is 15.6 Å². The molecule has 0 aliphatic carbocycles. The van der Waals surface area contributed by atoms with Gasteiger partial charge in [0.2, 0.25) is 0 Å². The fraction of sp³-hybridized carbons (Fsp3) is 0.100. The Bertz CT molecular complexity index is 944. The van der Waals surface area contributed by atoms with Crippen molar-refractivity contribution in [3.63, 3.8) is 0 Å². The van der Waals surface area contributed by atoms with Gasteiger partial charge in [0, 0.05) is 34.3 Å². The lowest BCUT2D eigenvalue weighted by Crippen LogP contribution is -2.14. The van der Waals surface area contributed by atoms with E-state index in [-0.39, 0.29) is 5.91 Å². The Morgan fingerprint density at radius 2 is 1.88 bits per heavy atom. The fourth-order valence-electron chi connectivity index (χ4n) is 2.42. The highest BCUT2D eigenvalue weighted by Gasteiger charge is 2.10. The quantitative estimate of drug-likeness (QED) is 0.662. The van der Waals surface area contributed by atoms with E-state index >= 15 is 0 Å². The minimum absolute atomic E-state index is 0.301. The Kier molecular flexibility index (Phi) is 5.39. The summed E-state index contributed by atoms with van der Waals surface area (Å²) < 4.78 is 5.21. The lowest BCUT2D eigenvalue weighted by molar-refractivity contribution is 0.102. The first kappa shape index (κ1) is 17.8. The molecule has 5 nitrogen and oxygen atoms in total. The van der Waals surface area contributed by atoms with E-state index in [1.165, 1.54) is 0 Å². The van der Waals surface area contributed by atoms with Crippen LogP contribution in [-0.4, -0.2) is 18.0 Å². The summed E-state index contributed by atoms with van der Waals surface area (Å²) in [7, 11) is 1.62. The Morgan fingerprint density at radius 1 is 1.08 bits per heavy atom. The van der Waals surface area contributed by atoms with Crippen LogP contribution in [0.4, 0.5) is 17.1 Å². The molecule has 6 heteroatoms. The number of ether oxygens (including phenoxy) is 1. The van der Waals surface area contributed by atoms with Crippen LogP contribution in [0.5, 0.6) is 5.75 Å². The molecular weight excluding hydrogens is 350 g/mol. The van der Waals surface area contributed by atoms with Crippen LogP contribution in [0, 0.1) is 6.92 Å².